The third-order valence-corrected chi connectivity index (χ3v) is 7.43. The topological polar surface area (TPSA) is 104 Å². The summed E-state index contributed by atoms with van der Waals surface area (Å²) in [5.74, 6) is 1.62. The highest BCUT2D eigenvalue weighted by Crippen LogP contribution is 2.51. The number of rotatable bonds is 9. The van der Waals surface area contributed by atoms with Gasteiger partial charge in [-0.15, -0.1) is 0 Å². The van der Waals surface area contributed by atoms with Crippen molar-refractivity contribution in [1.82, 2.24) is 24.4 Å². The van der Waals surface area contributed by atoms with E-state index in [9.17, 15) is 4.57 Å². The first-order valence-corrected chi connectivity index (χ1v) is 13.2. The predicted molar refractivity (Wildman–Crippen MR) is 127 cm³/mol. The molecule has 4 rings (SSSR count). The van der Waals surface area contributed by atoms with Crippen LogP contribution in [0.3, 0.4) is 0 Å². The molecule has 11 heteroatoms. The van der Waals surface area contributed by atoms with Crippen molar-refractivity contribution in [2.24, 2.45) is 4.99 Å². The maximum absolute atomic E-state index is 13.0. The number of likely N-dealkylation sites (tertiary alicyclic amines) is 1. The molecule has 0 spiro atoms. The van der Waals surface area contributed by atoms with Crippen LogP contribution >= 0.6 is 7.60 Å². The van der Waals surface area contributed by atoms with Gasteiger partial charge in [0.2, 0.25) is 0 Å². The largest absolute Gasteiger partial charge is 0.363 e. The molecule has 10 nitrogen and oxygen atoms in total. The van der Waals surface area contributed by atoms with Crippen molar-refractivity contribution in [1.29, 1.82) is 0 Å². The average Bonchev–Trinajstić information content (AvgIpc) is 3.45. The van der Waals surface area contributed by atoms with E-state index in [-0.39, 0.29) is 30.7 Å². The molecule has 180 valence electrons. The summed E-state index contributed by atoms with van der Waals surface area (Å²) < 4.78 is 32.1. The molecule has 1 fully saturated rings. The molecule has 0 amide bonds. The number of fused-ring (bicyclic) bond motifs is 1. The Balaban J connectivity index is 1.45. The zero-order valence-electron chi connectivity index (χ0n) is 19.9. The van der Waals surface area contributed by atoms with Crippen LogP contribution in [0.2, 0.25) is 0 Å². The third kappa shape index (κ3) is 5.69. The van der Waals surface area contributed by atoms with Crippen molar-refractivity contribution in [3.63, 3.8) is 0 Å². The minimum atomic E-state index is -3.34. The second-order valence-corrected chi connectivity index (χ2v) is 10.9. The normalized spacial score (nSPS) is 22.6. The Morgan fingerprint density at radius 2 is 1.91 bits per heavy atom. The zero-order valence-corrected chi connectivity index (χ0v) is 20.8. The summed E-state index contributed by atoms with van der Waals surface area (Å²) in [4.78, 5) is 20.3. The lowest BCUT2D eigenvalue weighted by Gasteiger charge is -2.24. The van der Waals surface area contributed by atoms with Crippen LogP contribution in [-0.4, -0.2) is 68.5 Å². The van der Waals surface area contributed by atoms with Gasteiger partial charge in [0.1, 0.15) is 18.5 Å². The summed E-state index contributed by atoms with van der Waals surface area (Å²) >= 11 is 0. The first kappa shape index (κ1) is 24.0. The molecule has 0 bridgehead atoms. The Morgan fingerprint density at radius 3 is 2.58 bits per heavy atom. The predicted octanol–water partition coefficient (Wildman–Crippen LogP) is 4.47. The van der Waals surface area contributed by atoms with E-state index in [1.807, 2.05) is 45.4 Å². The van der Waals surface area contributed by atoms with E-state index in [1.165, 1.54) is 6.33 Å². The van der Waals surface area contributed by atoms with Gasteiger partial charge in [0.15, 0.2) is 17.0 Å². The van der Waals surface area contributed by atoms with E-state index in [0.29, 0.717) is 17.8 Å². The van der Waals surface area contributed by atoms with Gasteiger partial charge in [0.25, 0.3) is 0 Å². The molecule has 3 heterocycles. The Morgan fingerprint density at radius 1 is 1.15 bits per heavy atom. The van der Waals surface area contributed by atoms with Crippen LogP contribution in [0.15, 0.2) is 29.8 Å². The molecule has 1 saturated heterocycles. The quantitative estimate of drug-likeness (QED) is 0.386. The fourth-order valence-corrected chi connectivity index (χ4v) is 5.94. The molecule has 0 radical (unpaired) electrons. The molecule has 2 aromatic rings. The summed E-state index contributed by atoms with van der Waals surface area (Å²) in [6.07, 6.45) is 9.31. The SMILES string of the molecule is CC(C)OP(=O)(CO[C@@H]1C=C[C@H](n2cnc3c(/N=C4\CCCN4C)ncnc32)C1)OC(C)C. The molecule has 0 aromatic carbocycles. The van der Waals surface area contributed by atoms with Gasteiger partial charge in [-0.1, -0.05) is 12.2 Å². The number of aromatic nitrogens is 4. The number of ether oxygens (including phenoxy) is 1. The third-order valence-electron chi connectivity index (χ3n) is 5.48. The van der Waals surface area contributed by atoms with Gasteiger partial charge in [0, 0.05) is 26.4 Å². The highest BCUT2D eigenvalue weighted by Gasteiger charge is 2.31. The van der Waals surface area contributed by atoms with Crippen molar-refractivity contribution in [3.05, 3.63) is 24.8 Å². The van der Waals surface area contributed by atoms with Crippen molar-refractivity contribution >= 4 is 30.4 Å². The molecule has 33 heavy (non-hydrogen) atoms. The second-order valence-electron chi connectivity index (χ2n) is 9.02. The molecular formula is C22H33N6O4P. The zero-order chi connectivity index (χ0) is 23.6. The lowest BCUT2D eigenvalue weighted by atomic mass is 10.2. The van der Waals surface area contributed by atoms with Crippen LogP contribution in [0.25, 0.3) is 11.2 Å². The molecule has 2 aliphatic rings. The van der Waals surface area contributed by atoms with E-state index < -0.39 is 7.60 Å². The van der Waals surface area contributed by atoms with Crippen molar-refractivity contribution < 1.29 is 18.3 Å². The van der Waals surface area contributed by atoms with Crippen LogP contribution in [-0.2, 0) is 18.3 Å². The second kappa shape index (κ2) is 10.0. The maximum Gasteiger partial charge on any atom is 0.356 e. The summed E-state index contributed by atoms with van der Waals surface area (Å²) in [6.45, 7) is 8.33. The fraction of sp³-hybridized carbons (Fsp3) is 0.636. The molecule has 1 aliphatic heterocycles. The molecule has 0 N–H and O–H groups in total. The summed E-state index contributed by atoms with van der Waals surface area (Å²) in [5, 5.41) is 0. The molecule has 1 aliphatic carbocycles. The number of imidazole rings is 1. The van der Waals surface area contributed by atoms with E-state index in [2.05, 4.69) is 25.9 Å². The number of allylic oxidation sites excluding steroid dienone is 1. The minimum Gasteiger partial charge on any atom is -0.363 e. The Kier molecular flexibility index (Phi) is 7.28. The highest BCUT2D eigenvalue weighted by molar-refractivity contribution is 7.53. The first-order chi connectivity index (χ1) is 15.7. The minimum absolute atomic E-state index is 0.0148. The van der Waals surface area contributed by atoms with Gasteiger partial charge in [0.05, 0.1) is 30.7 Å². The van der Waals surface area contributed by atoms with E-state index in [0.717, 1.165) is 30.9 Å². The first-order valence-electron chi connectivity index (χ1n) is 11.5. The maximum atomic E-state index is 13.0. The summed E-state index contributed by atoms with van der Waals surface area (Å²) in [5.41, 5.74) is 1.42. The smallest absolute Gasteiger partial charge is 0.356 e. The van der Waals surface area contributed by atoms with Gasteiger partial charge in [-0.3, -0.25) is 4.57 Å². The van der Waals surface area contributed by atoms with Gasteiger partial charge in [-0.2, -0.15) is 0 Å². The highest BCUT2D eigenvalue weighted by atomic mass is 31.2. The molecule has 0 saturated carbocycles. The molecule has 2 aromatic heterocycles. The average molecular weight is 477 g/mol. The van der Waals surface area contributed by atoms with Crippen LogP contribution in [0.1, 0.15) is 53.0 Å². The number of amidine groups is 1. The number of hydrogen-bond acceptors (Lipinski definition) is 8. The standard InChI is InChI=1S/C22H33N6O4P/c1-15(2)31-33(29,32-16(3)4)14-30-18-9-8-17(11-18)28-13-25-20-21(23-12-24-22(20)28)26-19-7-6-10-27(19)5/h8-9,12-13,15-18H,6-7,10-11,14H2,1-5H3/b26-19+/t17-,18+/m0/s1. The molecule has 2 atom stereocenters. The Labute approximate surface area is 194 Å². The Bertz CT molecular complexity index is 1070. The number of hydrogen-bond donors (Lipinski definition) is 0. The number of nitrogens with zero attached hydrogens (tertiary/aromatic N) is 6. The fourth-order valence-electron chi connectivity index (χ4n) is 4.11. The summed E-state index contributed by atoms with van der Waals surface area (Å²) in [7, 11) is -1.30. The molecular weight excluding hydrogens is 443 g/mol. The number of aliphatic imine (C=N–C) groups is 1. The van der Waals surface area contributed by atoms with E-state index in [1.54, 1.807) is 6.33 Å². The lowest BCUT2D eigenvalue weighted by molar-refractivity contribution is 0.0721. The van der Waals surface area contributed by atoms with Crippen LogP contribution < -0.4 is 0 Å². The lowest BCUT2D eigenvalue weighted by Crippen LogP contribution is -2.18. The van der Waals surface area contributed by atoms with Gasteiger partial charge in [-0.25, -0.2) is 19.9 Å². The van der Waals surface area contributed by atoms with Crippen molar-refractivity contribution in [2.75, 3.05) is 19.9 Å². The van der Waals surface area contributed by atoms with Crippen LogP contribution in [0.4, 0.5) is 5.82 Å². The summed E-state index contributed by atoms with van der Waals surface area (Å²) in [6, 6.07) is 0.0148. The van der Waals surface area contributed by atoms with Gasteiger partial charge in [-0.05, 0) is 34.1 Å². The van der Waals surface area contributed by atoms with E-state index >= 15 is 0 Å². The van der Waals surface area contributed by atoms with Gasteiger partial charge < -0.3 is 23.3 Å². The van der Waals surface area contributed by atoms with E-state index in [4.69, 9.17) is 18.8 Å². The van der Waals surface area contributed by atoms with Crippen molar-refractivity contribution in [3.8, 4) is 0 Å². The Hall–Kier alpha value is -2.13. The van der Waals surface area contributed by atoms with Crippen LogP contribution in [0.5, 0.6) is 0 Å². The van der Waals surface area contributed by atoms with Gasteiger partial charge >= 0.3 is 7.60 Å². The van der Waals surface area contributed by atoms with Crippen LogP contribution in [0, 0.1) is 0 Å². The van der Waals surface area contributed by atoms with Crippen molar-refractivity contribution in [2.45, 2.75) is 71.3 Å². The monoisotopic (exact) mass is 476 g/mol. The molecule has 0 unspecified atom stereocenters.